The number of hydrogen-bond acceptors (Lipinski definition) is 4. The molecule has 0 aromatic heterocycles. The zero-order chi connectivity index (χ0) is 22.1. The van der Waals surface area contributed by atoms with Gasteiger partial charge in [-0.3, -0.25) is 4.79 Å². The van der Waals surface area contributed by atoms with Gasteiger partial charge in [0.2, 0.25) is 0 Å². The molecule has 3 rings (SSSR count). The normalized spacial score (nSPS) is 10.5. The van der Waals surface area contributed by atoms with Crippen molar-refractivity contribution in [3.05, 3.63) is 95.1 Å². The molecule has 3 aromatic rings. The maximum absolute atomic E-state index is 13.3. The average molecular weight is 419 g/mol. The van der Waals surface area contributed by atoms with E-state index in [2.05, 4.69) is 19.1 Å². The minimum atomic E-state index is -0.0513. The van der Waals surface area contributed by atoms with Crippen molar-refractivity contribution in [3.63, 3.8) is 0 Å². The fourth-order valence-corrected chi connectivity index (χ4v) is 3.37. The summed E-state index contributed by atoms with van der Waals surface area (Å²) >= 11 is 0. The van der Waals surface area contributed by atoms with Crippen LogP contribution in [0.3, 0.4) is 0 Å². The van der Waals surface area contributed by atoms with Gasteiger partial charge in [0.1, 0.15) is 6.61 Å². The number of nitrogens with zero attached hydrogens (tertiary/aromatic N) is 1. The lowest BCUT2D eigenvalue weighted by molar-refractivity contribution is 0.0741. The van der Waals surface area contributed by atoms with E-state index in [-0.39, 0.29) is 5.91 Å². The molecule has 2 N–H and O–H groups in total. The zero-order valence-electron chi connectivity index (χ0n) is 18.2. The number of benzene rings is 3. The number of nitrogens with two attached hydrogens (primary N) is 1. The van der Waals surface area contributed by atoms with E-state index in [1.54, 1.807) is 25.3 Å². The largest absolute Gasteiger partial charge is 0.493 e. The highest BCUT2D eigenvalue weighted by molar-refractivity contribution is 5.95. The van der Waals surface area contributed by atoms with Crippen LogP contribution in [0.2, 0.25) is 0 Å². The second-order valence-corrected chi connectivity index (χ2v) is 7.44. The van der Waals surface area contributed by atoms with Crippen molar-refractivity contribution in [2.45, 2.75) is 26.5 Å². The zero-order valence-corrected chi connectivity index (χ0v) is 18.2. The minimum Gasteiger partial charge on any atom is -0.493 e. The molecule has 0 aliphatic heterocycles. The SMILES string of the molecule is COc1cc(C(=O)N(CCCN)Cc2ccccc2C)ccc1OCc1ccccc1. The Morgan fingerprint density at radius 3 is 2.42 bits per heavy atom. The summed E-state index contributed by atoms with van der Waals surface area (Å²) in [5, 5.41) is 0. The molecule has 0 spiro atoms. The fraction of sp³-hybridized carbons (Fsp3) is 0.269. The molecular formula is C26H30N2O3. The van der Waals surface area contributed by atoms with Gasteiger partial charge in [0.15, 0.2) is 11.5 Å². The van der Waals surface area contributed by atoms with Crippen LogP contribution in [-0.4, -0.2) is 31.0 Å². The molecule has 5 heteroatoms. The molecule has 0 bridgehead atoms. The molecule has 0 atom stereocenters. The molecule has 0 saturated heterocycles. The molecule has 0 heterocycles. The lowest BCUT2D eigenvalue weighted by Crippen LogP contribution is -2.32. The molecule has 5 nitrogen and oxygen atoms in total. The summed E-state index contributed by atoms with van der Waals surface area (Å²) in [6.07, 6.45) is 0.743. The number of aryl methyl sites for hydroxylation is 1. The second kappa shape index (κ2) is 11.2. The van der Waals surface area contributed by atoms with Gasteiger partial charge < -0.3 is 20.1 Å². The highest BCUT2D eigenvalue weighted by Crippen LogP contribution is 2.29. The number of carbonyl (C=O) groups excluding carboxylic acids is 1. The Labute approximate surface area is 184 Å². The first-order valence-electron chi connectivity index (χ1n) is 10.5. The van der Waals surface area contributed by atoms with Crippen molar-refractivity contribution in [1.29, 1.82) is 0 Å². The summed E-state index contributed by atoms with van der Waals surface area (Å²) in [6, 6.07) is 23.4. The molecule has 0 radical (unpaired) electrons. The Morgan fingerprint density at radius 2 is 1.71 bits per heavy atom. The number of ether oxygens (including phenoxy) is 2. The van der Waals surface area contributed by atoms with E-state index in [1.165, 1.54) is 0 Å². The lowest BCUT2D eigenvalue weighted by atomic mass is 10.1. The van der Waals surface area contributed by atoms with Gasteiger partial charge >= 0.3 is 0 Å². The van der Waals surface area contributed by atoms with Gasteiger partial charge in [0, 0.05) is 18.7 Å². The summed E-state index contributed by atoms with van der Waals surface area (Å²) in [6.45, 7) is 4.16. The highest BCUT2D eigenvalue weighted by atomic mass is 16.5. The van der Waals surface area contributed by atoms with Crippen molar-refractivity contribution in [2.75, 3.05) is 20.2 Å². The van der Waals surface area contributed by atoms with Gasteiger partial charge in [-0.25, -0.2) is 0 Å². The van der Waals surface area contributed by atoms with Crippen LogP contribution < -0.4 is 15.2 Å². The fourth-order valence-electron chi connectivity index (χ4n) is 3.37. The number of carbonyl (C=O) groups is 1. The maximum atomic E-state index is 13.3. The van der Waals surface area contributed by atoms with Gasteiger partial charge in [-0.2, -0.15) is 0 Å². The standard InChI is InChI=1S/C26H30N2O3/c1-20-9-6-7-12-23(20)18-28(16-8-15-27)26(29)22-13-14-24(25(17-22)30-2)31-19-21-10-4-3-5-11-21/h3-7,9-14,17H,8,15-16,18-19,27H2,1-2H3. The van der Waals surface area contributed by atoms with Gasteiger partial charge in [0.05, 0.1) is 7.11 Å². The topological polar surface area (TPSA) is 64.8 Å². The molecule has 31 heavy (non-hydrogen) atoms. The van der Waals surface area contributed by atoms with Gasteiger partial charge in [-0.1, -0.05) is 54.6 Å². The van der Waals surface area contributed by atoms with Crippen molar-refractivity contribution in [3.8, 4) is 11.5 Å². The van der Waals surface area contributed by atoms with E-state index in [1.807, 2.05) is 47.4 Å². The number of hydrogen-bond donors (Lipinski definition) is 1. The van der Waals surface area contributed by atoms with Crippen LogP contribution >= 0.6 is 0 Å². The Bertz CT molecular complexity index is 989. The number of methoxy groups -OCH3 is 1. The third-order valence-corrected chi connectivity index (χ3v) is 5.19. The van der Waals surface area contributed by atoms with E-state index in [0.717, 1.165) is 23.1 Å². The van der Waals surface area contributed by atoms with Crippen LogP contribution in [0.5, 0.6) is 11.5 Å². The Kier molecular flexibility index (Phi) is 8.07. The minimum absolute atomic E-state index is 0.0513. The molecular weight excluding hydrogens is 388 g/mol. The summed E-state index contributed by atoms with van der Waals surface area (Å²) in [5.74, 6) is 1.09. The first kappa shape index (κ1) is 22.4. The summed E-state index contributed by atoms with van der Waals surface area (Å²) in [5.41, 5.74) is 9.63. The highest BCUT2D eigenvalue weighted by Gasteiger charge is 2.19. The van der Waals surface area contributed by atoms with E-state index in [9.17, 15) is 4.79 Å². The van der Waals surface area contributed by atoms with E-state index < -0.39 is 0 Å². The molecule has 0 fully saturated rings. The maximum Gasteiger partial charge on any atom is 0.254 e. The molecule has 3 aromatic carbocycles. The van der Waals surface area contributed by atoms with Crippen molar-refractivity contribution in [2.24, 2.45) is 5.73 Å². The molecule has 1 amide bonds. The molecule has 0 aliphatic carbocycles. The van der Waals surface area contributed by atoms with E-state index in [4.69, 9.17) is 15.2 Å². The monoisotopic (exact) mass is 418 g/mol. The summed E-state index contributed by atoms with van der Waals surface area (Å²) in [7, 11) is 1.58. The van der Waals surface area contributed by atoms with Crippen molar-refractivity contribution >= 4 is 5.91 Å². The van der Waals surface area contributed by atoms with Crippen LogP contribution in [0, 0.1) is 6.92 Å². The lowest BCUT2D eigenvalue weighted by Gasteiger charge is -2.24. The van der Waals surface area contributed by atoms with E-state index >= 15 is 0 Å². The van der Waals surface area contributed by atoms with Crippen LogP contribution in [0.25, 0.3) is 0 Å². The van der Waals surface area contributed by atoms with Crippen LogP contribution in [-0.2, 0) is 13.2 Å². The molecule has 0 unspecified atom stereocenters. The number of amides is 1. The third-order valence-electron chi connectivity index (χ3n) is 5.19. The molecule has 0 saturated carbocycles. The van der Waals surface area contributed by atoms with Crippen LogP contribution in [0.1, 0.15) is 33.5 Å². The third kappa shape index (κ3) is 6.09. The summed E-state index contributed by atoms with van der Waals surface area (Å²) in [4.78, 5) is 15.2. The predicted molar refractivity (Wildman–Crippen MR) is 123 cm³/mol. The summed E-state index contributed by atoms with van der Waals surface area (Å²) < 4.78 is 11.4. The Balaban J connectivity index is 1.78. The molecule has 0 aliphatic rings. The first-order chi connectivity index (χ1) is 15.1. The quantitative estimate of drug-likeness (QED) is 0.524. The van der Waals surface area contributed by atoms with Crippen molar-refractivity contribution < 1.29 is 14.3 Å². The van der Waals surface area contributed by atoms with Crippen molar-refractivity contribution in [1.82, 2.24) is 4.90 Å². The second-order valence-electron chi connectivity index (χ2n) is 7.44. The van der Waals surface area contributed by atoms with Gasteiger partial charge in [-0.05, 0) is 54.8 Å². The van der Waals surface area contributed by atoms with Gasteiger partial charge in [-0.15, -0.1) is 0 Å². The predicted octanol–water partition coefficient (Wildman–Crippen LogP) is 4.57. The van der Waals surface area contributed by atoms with E-state index in [0.29, 0.717) is 43.3 Å². The van der Waals surface area contributed by atoms with Gasteiger partial charge in [0.25, 0.3) is 5.91 Å². The first-order valence-corrected chi connectivity index (χ1v) is 10.5. The smallest absolute Gasteiger partial charge is 0.254 e. The Hall–Kier alpha value is -3.31. The number of rotatable bonds is 10. The van der Waals surface area contributed by atoms with Crippen LogP contribution in [0.15, 0.2) is 72.8 Å². The Morgan fingerprint density at radius 1 is 0.968 bits per heavy atom. The molecule has 162 valence electrons. The average Bonchev–Trinajstić information content (AvgIpc) is 2.81. The van der Waals surface area contributed by atoms with Crippen LogP contribution in [0.4, 0.5) is 0 Å².